The summed E-state index contributed by atoms with van der Waals surface area (Å²) in [5.74, 6) is -0.0762. The largest absolute Gasteiger partial charge is 0.382 e. The molecule has 0 atom stereocenters. The predicted molar refractivity (Wildman–Crippen MR) is 82.7 cm³/mol. The summed E-state index contributed by atoms with van der Waals surface area (Å²) in [5.41, 5.74) is 7.08. The fraction of sp³-hybridized carbons (Fsp3) is 0.188. The van der Waals surface area contributed by atoms with E-state index in [0.717, 1.165) is 6.42 Å². The summed E-state index contributed by atoms with van der Waals surface area (Å²) in [4.78, 5) is 22.1. The molecular weight excluding hydrogens is 264 g/mol. The quantitative estimate of drug-likeness (QED) is 0.822. The molecule has 0 unspecified atom stereocenters. The van der Waals surface area contributed by atoms with Crippen LogP contribution in [-0.2, 0) is 6.42 Å². The Morgan fingerprint density at radius 3 is 2.62 bits per heavy atom. The van der Waals surface area contributed by atoms with Gasteiger partial charge in [-0.1, -0.05) is 36.4 Å². The third-order valence-electron chi connectivity index (χ3n) is 3.08. The first-order valence-electron chi connectivity index (χ1n) is 6.73. The van der Waals surface area contributed by atoms with Crippen LogP contribution in [0.3, 0.4) is 0 Å². The molecular formula is C16H18N4O. The van der Waals surface area contributed by atoms with Gasteiger partial charge in [-0.15, -0.1) is 6.58 Å². The third kappa shape index (κ3) is 3.89. The molecule has 0 saturated heterocycles. The van der Waals surface area contributed by atoms with E-state index in [-0.39, 0.29) is 17.4 Å². The van der Waals surface area contributed by atoms with Crippen molar-refractivity contribution in [1.29, 1.82) is 0 Å². The zero-order valence-electron chi connectivity index (χ0n) is 11.8. The minimum atomic E-state index is -0.226. The fourth-order valence-electron chi connectivity index (χ4n) is 2.00. The number of nitrogens with zero attached hydrogens (tertiary/aromatic N) is 3. The Labute approximate surface area is 124 Å². The standard InChI is InChI=1S/C16H18N4O/c1-2-11-20(12-8-13-6-4-3-5-7-13)16(21)14-15(17)19-10-9-18-14/h2-7,9-10H,1,8,11-12H2,(H2,17,19). The van der Waals surface area contributed by atoms with Crippen molar-refractivity contribution in [2.75, 3.05) is 18.8 Å². The molecule has 2 N–H and O–H groups in total. The highest BCUT2D eigenvalue weighted by atomic mass is 16.2. The van der Waals surface area contributed by atoms with Gasteiger partial charge in [-0.05, 0) is 12.0 Å². The summed E-state index contributed by atoms with van der Waals surface area (Å²) < 4.78 is 0. The van der Waals surface area contributed by atoms with E-state index in [0.29, 0.717) is 13.1 Å². The summed E-state index contributed by atoms with van der Waals surface area (Å²) in [6, 6.07) is 10.0. The van der Waals surface area contributed by atoms with Gasteiger partial charge in [-0.25, -0.2) is 9.97 Å². The molecule has 0 saturated carbocycles. The number of nitrogen functional groups attached to an aromatic ring is 1. The zero-order valence-corrected chi connectivity index (χ0v) is 11.8. The molecule has 1 aromatic heterocycles. The topological polar surface area (TPSA) is 72.1 Å². The van der Waals surface area contributed by atoms with E-state index in [4.69, 9.17) is 5.73 Å². The molecule has 0 radical (unpaired) electrons. The van der Waals surface area contributed by atoms with E-state index in [2.05, 4.69) is 16.5 Å². The number of rotatable bonds is 6. The Kier molecular flexibility index (Phi) is 5.04. The number of anilines is 1. The van der Waals surface area contributed by atoms with Crippen molar-refractivity contribution in [2.45, 2.75) is 6.42 Å². The van der Waals surface area contributed by atoms with Crippen molar-refractivity contribution in [1.82, 2.24) is 14.9 Å². The molecule has 0 spiro atoms. The van der Waals surface area contributed by atoms with Crippen LogP contribution in [0.4, 0.5) is 5.82 Å². The molecule has 5 nitrogen and oxygen atoms in total. The number of hydrogen-bond acceptors (Lipinski definition) is 4. The van der Waals surface area contributed by atoms with Crippen molar-refractivity contribution in [3.63, 3.8) is 0 Å². The summed E-state index contributed by atoms with van der Waals surface area (Å²) >= 11 is 0. The number of amides is 1. The summed E-state index contributed by atoms with van der Waals surface area (Å²) in [7, 11) is 0. The maximum atomic E-state index is 12.5. The van der Waals surface area contributed by atoms with Crippen LogP contribution < -0.4 is 5.73 Å². The van der Waals surface area contributed by atoms with Gasteiger partial charge in [0, 0.05) is 25.5 Å². The van der Waals surface area contributed by atoms with Gasteiger partial charge in [0.15, 0.2) is 11.5 Å². The molecule has 21 heavy (non-hydrogen) atoms. The van der Waals surface area contributed by atoms with Gasteiger partial charge in [0.2, 0.25) is 0 Å². The second-order valence-corrected chi connectivity index (χ2v) is 4.57. The third-order valence-corrected chi connectivity index (χ3v) is 3.08. The van der Waals surface area contributed by atoms with E-state index in [1.165, 1.54) is 18.0 Å². The lowest BCUT2D eigenvalue weighted by Gasteiger charge is -2.21. The average Bonchev–Trinajstić information content (AvgIpc) is 2.52. The Morgan fingerprint density at radius 1 is 1.24 bits per heavy atom. The number of nitrogens with two attached hydrogens (primary N) is 1. The highest BCUT2D eigenvalue weighted by Gasteiger charge is 2.18. The molecule has 1 amide bonds. The second-order valence-electron chi connectivity index (χ2n) is 4.57. The predicted octanol–water partition coefficient (Wildman–Crippen LogP) is 1.93. The second kappa shape index (κ2) is 7.19. The summed E-state index contributed by atoms with van der Waals surface area (Å²) in [6.07, 6.45) is 5.39. The maximum absolute atomic E-state index is 12.5. The average molecular weight is 282 g/mol. The molecule has 0 fully saturated rings. The molecule has 1 heterocycles. The van der Waals surface area contributed by atoms with Gasteiger partial charge < -0.3 is 10.6 Å². The highest BCUT2D eigenvalue weighted by Crippen LogP contribution is 2.09. The van der Waals surface area contributed by atoms with Gasteiger partial charge in [0.1, 0.15) is 0 Å². The van der Waals surface area contributed by atoms with Crippen LogP contribution in [0.1, 0.15) is 16.1 Å². The Morgan fingerprint density at radius 2 is 1.95 bits per heavy atom. The lowest BCUT2D eigenvalue weighted by molar-refractivity contribution is 0.0770. The molecule has 2 rings (SSSR count). The van der Waals surface area contributed by atoms with Crippen LogP contribution in [0.15, 0.2) is 55.4 Å². The monoisotopic (exact) mass is 282 g/mol. The number of aromatic nitrogens is 2. The van der Waals surface area contributed by atoms with E-state index >= 15 is 0 Å². The molecule has 1 aromatic carbocycles. The van der Waals surface area contributed by atoms with Crippen LogP contribution in [0.2, 0.25) is 0 Å². The van der Waals surface area contributed by atoms with Crippen LogP contribution >= 0.6 is 0 Å². The van der Waals surface area contributed by atoms with Crippen LogP contribution in [0.5, 0.6) is 0 Å². The van der Waals surface area contributed by atoms with Crippen LogP contribution in [-0.4, -0.2) is 33.9 Å². The van der Waals surface area contributed by atoms with Crippen molar-refractivity contribution >= 4 is 11.7 Å². The van der Waals surface area contributed by atoms with E-state index in [9.17, 15) is 4.79 Å². The first kappa shape index (κ1) is 14.7. The minimum absolute atomic E-state index is 0.149. The number of carbonyl (C=O) groups is 1. The Bertz CT molecular complexity index is 613. The highest BCUT2D eigenvalue weighted by molar-refractivity contribution is 5.96. The van der Waals surface area contributed by atoms with Crippen molar-refractivity contribution in [2.24, 2.45) is 0 Å². The van der Waals surface area contributed by atoms with Crippen molar-refractivity contribution in [3.8, 4) is 0 Å². The molecule has 5 heteroatoms. The molecule has 0 aliphatic heterocycles. The van der Waals surface area contributed by atoms with Crippen molar-refractivity contribution < 1.29 is 4.79 Å². The number of benzene rings is 1. The van der Waals surface area contributed by atoms with E-state index in [1.807, 2.05) is 30.3 Å². The van der Waals surface area contributed by atoms with Crippen LogP contribution in [0, 0.1) is 0 Å². The van der Waals surface area contributed by atoms with Gasteiger partial charge in [-0.2, -0.15) is 0 Å². The Balaban J connectivity index is 2.10. The first-order valence-corrected chi connectivity index (χ1v) is 6.73. The molecule has 0 aliphatic carbocycles. The molecule has 0 bridgehead atoms. The maximum Gasteiger partial charge on any atom is 0.276 e. The SMILES string of the molecule is C=CCN(CCc1ccccc1)C(=O)c1nccnc1N. The number of hydrogen-bond donors (Lipinski definition) is 1. The normalized spacial score (nSPS) is 10.1. The molecule has 108 valence electrons. The lowest BCUT2D eigenvalue weighted by Crippen LogP contribution is -2.34. The van der Waals surface area contributed by atoms with E-state index in [1.54, 1.807) is 11.0 Å². The van der Waals surface area contributed by atoms with Crippen LogP contribution in [0.25, 0.3) is 0 Å². The Hall–Kier alpha value is -2.69. The lowest BCUT2D eigenvalue weighted by atomic mass is 10.1. The first-order chi connectivity index (χ1) is 10.2. The minimum Gasteiger partial charge on any atom is -0.382 e. The van der Waals surface area contributed by atoms with Gasteiger partial charge in [0.25, 0.3) is 5.91 Å². The zero-order chi connectivity index (χ0) is 15.1. The van der Waals surface area contributed by atoms with Gasteiger partial charge in [0.05, 0.1) is 0 Å². The van der Waals surface area contributed by atoms with E-state index < -0.39 is 0 Å². The number of carbonyl (C=O) groups excluding carboxylic acids is 1. The van der Waals surface area contributed by atoms with Crippen molar-refractivity contribution in [3.05, 3.63) is 66.6 Å². The smallest absolute Gasteiger partial charge is 0.276 e. The fourth-order valence-corrected chi connectivity index (χ4v) is 2.00. The van der Waals surface area contributed by atoms with Gasteiger partial charge in [-0.3, -0.25) is 4.79 Å². The summed E-state index contributed by atoms with van der Waals surface area (Å²) in [5, 5.41) is 0. The molecule has 0 aliphatic rings. The summed E-state index contributed by atoms with van der Waals surface area (Å²) in [6.45, 7) is 4.71. The molecule has 2 aromatic rings. The van der Waals surface area contributed by atoms with Gasteiger partial charge >= 0.3 is 0 Å².